The van der Waals surface area contributed by atoms with Crippen LogP contribution in [0.4, 0.5) is 4.39 Å². The van der Waals surface area contributed by atoms with Gasteiger partial charge in [-0.15, -0.1) is 10.2 Å². The van der Waals surface area contributed by atoms with Gasteiger partial charge in [0.05, 0.1) is 6.54 Å². The lowest BCUT2D eigenvalue weighted by atomic mass is 10.1. The molecule has 1 N–H and O–H groups in total. The zero-order valence-electron chi connectivity index (χ0n) is 15.3. The normalized spacial score (nSPS) is 10.8. The van der Waals surface area contributed by atoms with E-state index in [1.54, 1.807) is 30.0 Å². The largest absolute Gasteiger partial charge is 0.345 e. The van der Waals surface area contributed by atoms with Gasteiger partial charge in [-0.2, -0.15) is 0 Å². The second-order valence-corrected chi connectivity index (χ2v) is 7.17. The van der Waals surface area contributed by atoms with E-state index < -0.39 is 0 Å². The summed E-state index contributed by atoms with van der Waals surface area (Å²) in [7, 11) is 0. The van der Waals surface area contributed by atoms with E-state index in [0.717, 1.165) is 28.6 Å². The van der Waals surface area contributed by atoms with Gasteiger partial charge in [0.1, 0.15) is 5.82 Å². The highest BCUT2D eigenvalue weighted by molar-refractivity contribution is 7.99. The quantitative estimate of drug-likeness (QED) is 0.622. The number of nitrogens with one attached hydrogen (secondary N) is 1. The van der Waals surface area contributed by atoms with Crippen LogP contribution in [0.1, 0.15) is 35.1 Å². The van der Waals surface area contributed by atoms with Crippen molar-refractivity contribution in [2.45, 2.75) is 32.0 Å². The molecule has 140 valence electrons. The van der Waals surface area contributed by atoms with Crippen LogP contribution in [0.15, 0.2) is 53.7 Å². The SMILES string of the molecule is CCCSc1nnc(CNC(=O)c2cccc(C)c2)n1-c1ccc(F)cc1. The number of rotatable bonds is 7. The van der Waals surface area contributed by atoms with Crippen LogP contribution in [0.3, 0.4) is 0 Å². The molecule has 0 saturated heterocycles. The molecule has 3 aromatic rings. The highest BCUT2D eigenvalue weighted by Crippen LogP contribution is 2.23. The summed E-state index contributed by atoms with van der Waals surface area (Å²) < 4.78 is 15.2. The number of aromatic nitrogens is 3. The lowest BCUT2D eigenvalue weighted by Gasteiger charge is -2.11. The van der Waals surface area contributed by atoms with Crippen LogP contribution in [-0.4, -0.2) is 26.4 Å². The number of carbonyl (C=O) groups excluding carboxylic acids is 1. The second kappa shape index (κ2) is 8.81. The molecule has 0 radical (unpaired) electrons. The maximum atomic E-state index is 13.3. The zero-order chi connectivity index (χ0) is 19.2. The van der Waals surface area contributed by atoms with Gasteiger partial charge >= 0.3 is 0 Å². The van der Waals surface area contributed by atoms with Crippen molar-refractivity contribution in [2.75, 3.05) is 5.75 Å². The van der Waals surface area contributed by atoms with E-state index in [1.807, 2.05) is 29.7 Å². The van der Waals surface area contributed by atoms with Gasteiger partial charge in [0.2, 0.25) is 0 Å². The molecular weight excluding hydrogens is 363 g/mol. The fourth-order valence-electron chi connectivity index (χ4n) is 2.60. The van der Waals surface area contributed by atoms with Crippen molar-refractivity contribution in [3.8, 4) is 5.69 Å². The molecule has 0 spiro atoms. The molecule has 0 fully saturated rings. The van der Waals surface area contributed by atoms with Crippen LogP contribution in [0.2, 0.25) is 0 Å². The van der Waals surface area contributed by atoms with Gasteiger partial charge in [-0.1, -0.05) is 36.4 Å². The molecule has 2 aromatic carbocycles. The minimum absolute atomic E-state index is 0.171. The fourth-order valence-corrected chi connectivity index (χ4v) is 3.42. The number of hydrogen-bond acceptors (Lipinski definition) is 4. The first-order valence-corrected chi connectivity index (χ1v) is 9.75. The number of hydrogen-bond donors (Lipinski definition) is 1. The van der Waals surface area contributed by atoms with E-state index in [0.29, 0.717) is 11.4 Å². The van der Waals surface area contributed by atoms with E-state index in [9.17, 15) is 9.18 Å². The molecule has 0 atom stereocenters. The summed E-state index contributed by atoms with van der Waals surface area (Å²) in [6, 6.07) is 13.6. The molecule has 1 amide bonds. The van der Waals surface area contributed by atoms with Crippen LogP contribution in [-0.2, 0) is 6.54 Å². The van der Waals surface area contributed by atoms with Crippen molar-refractivity contribution in [1.29, 1.82) is 0 Å². The molecule has 5 nitrogen and oxygen atoms in total. The van der Waals surface area contributed by atoms with Crippen molar-refractivity contribution >= 4 is 17.7 Å². The van der Waals surface area contributed by atoms with E-state index in [4.69, 9.17) is 0 Å². The topological polar surface area (TPSA) is 59.8 Å². The Hall–Kier alpha value is -2.67. The average Bonchev–Trinajstić information content (AvgIpc) is 3.08. The predicted octanol–water partition coefficient (Wildman–Crippen LogP) is 4.15. The Morgan fingerprint density at radius 1 is 1.19 bits per heavy atom. The maximum absolute atomic E-state index is 13.3. The molecule has 1 heterocycles. The smallest absolute Gasteiger partial charge is 0.251 e. The zero-order valence-corrected chi connectivity index (χ0v) is 16.1. The Morgan fingerprint density at radius 2 is 1.96 bits per heavy atom. The highest BCUT2D eigenvalue weighted by atomic mass is 32.2. The summed E-state index contributed by atoms with van der Waals surface area (Å²) >= 11 is 1.58. The molecule has 3 rings (SSSR count). The summed E-state index contributed by atoms with van der Waals surface area (Å²) in [5.74, 6) is 1.02. The average molecular weight is 384 g/mol. The van der Waals surface area contributed by atoms with E-state index in [2.05, 4.69) is 22.4 Å². The fraction of sp³-hybridized carbons (Fsp3) is 0.250. The van der Waals surface area contributed by atoms with E-state index in [1.165, 1.54) is 12.1 Å². The monoisotopic (exact) mass is 384 g/mol. The maximum Gasteiger partial charge on any atom is 0.251 e. The first kappa shape index (κ1) is 19.1. The molecule has 0 saturated carbocycles. The summed E-state index contributed by atoms with van der Waals surface area (Å²) in [6.45, 7) is 4.26. The van der Waals surface area contributed by atoms with Gasteiger partial charge in [0.15, 0.2) is 11.0 Å². The lowest BCUT2D eigenvalue weighted by molar-refractivity contribution is 0.0949. The van der Waals surface area contributed by atoms with Gasteiger partial charge in [0, 0.05) is 17.0 Å². The summed E-state index contributed by atoms with van der Waals surface area (Å²) in [4.78, 5) is 12.4. The van der Waals surface area contributed by atoms with Crippen LogP contribution >= 0.6 is 11.8 Å². The third-order valence-electron chi connectivity index (χ3n) is 3.91. The summed E-state index contributed by atoms with van der Waals surface area (Å²) in [6.07, 6.45) is 1.00. The lowest BCUT2D eigenvalue weighted by Crippen LogP contribution is -2.24. The van der Waals surface area contributed by atoms with Crippen molar-refractivity contribution in [2.24, 2.45) is 0 Å². The Labute approximate surface area is 162 Å². The minimum atomic E-state index is -0.302. The molecule has 0 aliphatic carbocycles. The number of halogens is 1. The first-order chi connectivity index (χ1) is 13.1. The van der Waals surface area contributed by atoms with Crippen molar-refractivity contribution in [3.63, 3.8) is 0 Å². The third kappa shape index (κ3) is 4.74. The van der Waals surface area contributed by atoms with Gasteiger partial charge in [0.25, 0.3) is 5.91 Å². The Morgan fingerprint density at radius 3 is 2.67 bits per heavy atom. The number of nitrogens with zero attached hydrogens (tertiary/aromatic N) is 3. The van der Waals surface area contributed by atoms with Gasteiger partial charge in [-0.05, 0) is 49.7 Å². The standard InChI is InChI=1S/C20H21FN4OS/c1-3-11-27-20-24-23-18(25(20)17-9-7-16(21)8-10-17)13-22-19(26)15-6-4-5-14(2)12-15/h4-10,12H,3,11,13H2,1-2H3,(H,22,26). The van der Waals surface area contributed by atoms with Crippen LogP contribution in [0.25, 0.3) is 5.69 Å². The Balaban J connectivity index is 1.83. The second-order valence-electron chi connectivity index (χ2n) is 6.11. The molecule has 0 bridgehead atoms. The van der Waals surface area contributed by atoms with E-state index >= 15 is 0 Å². The first-order valence-electron chi connectivity index (χ1n) is 8.76. The van der Waals surface area contributed by atoms with Gasteiger partial charge in [-0.25, -0.2) is 4.39 Å². The van der Waals surface area contributed by atoms with E-state index in [-0.39, 0.29) is 18.3 Å². The third-order valence-corrected chi connectivity index (χ3v) is 5.04. The molecule has 0 aliphatic heterocycles. The molecule has 0 aliphatic rings. The van der Waals surface area contributed by atoms with Gasteiger partial charge < -0.3 is 5.32 Å². The molecule has 7 heteroatoms. The molecule has 1 aromatic heterocycles. The number of aryl methyl sites for hydroxylation is 1. The van der Waals surface area contributed by atoms with Crippen molar-refractivity contribution in [3.05, 3.63) is 71.3 Å². The summed E-state index contributed by atoms with van der Waals surface area (Å²) in [5, 5.41) is 12.1. The number of benzene rings is 2. The number of thioether (sulfide) groups is 1. The molecule has 0 unspecified atom stereocenters. The minimum Gasteiger partial charge on any atom is -0.345 e. The molecule has 27 heavy (non-hydrogen) atoms. The number of carbonyl (C=O) groups is 1. The Bertz CT molecular complexity index is 924. The van der Waals surface area contributed by atoms with Crippen LogP contribution in [0, 0.1) is 12.7 Å². The van der Waals surface area contributed by atoms with Crippen molar-refractivity contribution < 1.29 is 9.18 Å². The van der Waals surface area contributed by atoms with Gasteiger partial charge in [-0.3, -0.25) is 9.36 Å². The molecular formula is C20H21FN4OS. The van der Waals surface area contributed by atoms with Crippen LogP contribution in [0.5, 0.6) is 0 Å². The Kier molecular flexibility index (Phi) is 6.24. The predicted molar refractivity (Wildman–Crippen MR) is 105 cm³/mol. The van der Waals surface area contributed by atoms with Crippen molar-refractivity contribution in [1.82, 2.24) is 20.1 Å². The summed E-state index contributed by atoms with van der Waals surface area (Å²) in [5.41, 5.74) is 2.39. The number of amides is 1. The van der Waals surface area contributed by atoms with Crippen LogP contribution < -0.4 is 5.32 Å². The highest BCUT2D eigenvalue weighted by Gasteiger charge is 2.15.